The normalized spacial score (nSPS) is 11.2. The number of hydrogen-bond acceptors (Lipinski definition) is 3. The van der Waals surface area contributed by atoms with Gasteiger partial charge in [0.25, 0.3) is 5.91 Å². The third-order valence-corrected chi connectivity index (χ3v) is 4.24. The summed E-state index contributed by atoms with van der Waals surface area (Å²) in [6, 6.07) is 16.2. The van der Waals surface area contributed by atoms with Crippen LogP contribution in [-0.2, 0) is 0 Å². The van der Waals surface area contributed by atoms with E-state index in [9.17, 15) is 9.59 Å². The molecular weight excluding hydrogens is 358 g/mol. The van der Waals surface area contributed by atoms with Crippen LogP contribution in [0.25, 0.3) is 21.9 Å². The lowest BCUT2D eigenvalue weighted by atomic mass is 10.1. The van der Waals surface area contributed by atoms with Gasteiger partial charge in [-0.25, -0.2) is 4.79 Å². The van der Waals surface area contributed by atoms with Gasteiger partial charge in [-0.15, -0.1) is 0 Å². The highest BCUT2D eigenvalue weighted by atomic mass is 79.9. The van der Waals surface area contributed by atoms with E-state index in [1.807, 2.05) is 36.4 Å². The van der Waals surface area contributed by atoms with Crippen molar-refractivity contribution in [3.8, 4) is 0 Å². The van der Waals surface area contributed by atoms with Crippen molar-refractivity contribution in [2.75, 3.05) is 0 Å². The maximum atomic E-state index is 12.8. The average Bonchev–Trinajstić information content (AvgIpc) is 2.98. The summed E-state index contributed by atoms with van der Waals surface area (Å²) in [5.74, 6) is -0.401. The predicted molar refractivity (Wildman–Crippen MR) is 91.9 cm³/mol. The Morgan fingerprint density at radius 2 is 1.83 bits per heavy atom. The average molecular weight is 368 g/mol. The Kier molecular flexibility index (Phi) is 3.16. The van der Waals surface area contributed by atoms with Gasteiger partial charge in [-0.05, 0) is 36.4 Å². The number of carbonyl (C=O) groups excluding carboxylic acids is 1. The number of benzene rings is 2. The highest BCUT2D eigenvalue weighted by Crippen LogP contribution is 2.21. The van der Waals surface area contributed by atoms with Crippen molar-refractivity contribution < 1.29 is 9.21 Å². The van der Waals surface area contributed by atoms with Gasteiger partial charge in [0.05, 0.1) is 5.52 Å². The first-order valence-corrected chi connectivity index (χ1v) is 7.77. The molecule has 0 bridgehead atoms. The maximum absolute atomic E-state index is 12.8. The van der Waals surface area contributed by atoms with E-state index in [0.29, 0.717) is 11.0 Å². The van der Waals surface area contributed by atoms with E-state index in [2.05, 4.69) is 15.9 Å². The van der Waals surface area contributed by atoms with Gasteiger partial charge in [0.1, 0.15) is 11.1 Å². The number of fused-ring (bicyclic) bond motifs is 2. The van der Waals surface area contributed by atoms with Gasteiger partial charge in [0.2, 0.25) is 0 Å². The Labute approximate surface area is 139 Å². The molecule has 0 saturated heterocycles. The number of rotatable bonds is 1. The fourth-order valence-electron chi connectivity index (χ4n) is 2.63. The highest BCUT2D eigenvalue weighted by Gasteiger charge is 2.17. The second kappa shape index (κ2) is 5.21. The molecule has 0 spiro atoms. The Morgan fingerprint density at radius 1 is 1.00 bits per heavy atom. The Hall–Kier alpha value is -2.66. The topological polar surface area (TPSA) is 52.2 Å². The molecule has 2 aromatic heterocycles. The molecule has 23 heavy (non-hydrogen) atoms. The molecule has 0 unspecified atom stereocenters. The molecule has 0 amide bonds. The van der Waals surface area contributed by atoms with Crippen molar-refractivity contribution >= 4 is 43.7 Å². The molecule has 4 nitrogen and oxygen atoms in total. The van der Waals surface area contributed by atoms with Crippen LogP contribution < -0.4 is 5.63 Å². The highest BCUT2D eigenvalue weighted by molar-refractivity contribution is 9.10. The summed E-state index contributed by atoms with van der Waals surface area (Å²) in [6.07, 6.45) is 1.66. The van der Waals surface area contributed by atoms with Crippen LogP contribution in [0.5, 0.6) is 0 Å². The largest absolute Gasteiger partial charge is 0.422 e. The SMILES string of the molecule is O=C(c1cc2cc(Br)ccc2oc1=O)n1ccc2ccccc21. The Morgan fingerprint density at radius 3 is 2.70 bits per heavy atom. The quantitative estimate of drug-likeness (QED) is 0.473. The molecule has 0 aliphatic carbocycles. The lowest BCUT2D eigenvalue weighted by molar-refractivity contribution is 0.0961. The van der Waals surface area contributed by atoms with Crippen LogP contribution >= 0.6 is 15.9 Å². The number of halogens is 1. The lowest BCUT2D eigenvalue weighted by Crippen LogP contribution is -2.19. The minimum Gasteiger partial charge on any atom is -0.422 e. The molecule has 5 heteroatoms. The van der Waals surface area contributed by atoms with Crippen LogP contribution in [-0.4, -0.2) is 10.5 Å². The molecule has 0 aliphatic rings. The fraction of sp³-hybridized carbons (Fsp3) is 0. The number of carbonyl (C=O) groups is 1. The summed E-state index contributed by atoms with van der Waals surface area (Å²) >= 11 is 3.37. The summed E-state index contributed by atoms with van der Waals surface area (Å²) in [6.45, 7) is 0. The van der Waals surface area contributed by atoms with Crippen molar-refractivity contribution in [3.05, 3.63) is 81.3 Å². The first-order chi connectivity index (χ1) is 11.1. The first-order valence-electron chi connectivity index (χ1n) is 6.98. The summed E-state index contributed by atoms with van der Waals surface area (Å²) in [5.41, 5.74) is 0.581. The van der Waals surface area contributed by atoms with E-state index in [1.54, 1.807) is 24.4 Å². The van der Waals surface area contributed by atoms with Crippen LogP contribution in [0.3, 0.4) is 0 Å². The van der Waals surface area contributed by atoms with Crippen molar-refractivity contribution in [3.63, 3.8) is 0 Å². The van der Waals surface area contributed by atoms with Crippen molar-refractivity contribution in [2.45, 2.75) is 0 Å². The molecule has 4 aromatic rings. The summed E-state index contributed by atoms with van der Waals surface area (Å²) in [7, 11) is 0. The molecular formula is C18H10BrNO3. The third-order valence-electron chi connectivity index (χ3n) is 3.74. The molecule has 2 aromatic carbocycles. The maximum Gasteiger partial charge on any atom is 0.349 e. The monoisotopic (exact) mass is 367 g/mol. The van der Waals surface area contributed by atoms with Crippen LogP contribution in [0.4, 0.5) is 0 Å². The zero-order valence-electron chi connectivity index (χ0n) is 11.8. The molecule has 0 N–H and O–H groups in total. The number of aromatic nitrogens is 1. The minimum absolute atomic E-state index is 0.0111. The van der Waals surface area contributed by atoms with E-state index >= 15 is 0 Å². The molecule has 0 fully saturated rings. The van der Waals surface area contributed by atoms with Crippen molar-refractivity contribution in [1.29, 1.82) is 0 Å². The van der Waals surface area contributed by atoms with Gasteiger partial charge in [-0.2, -0.15) is 0 Å². The number of para-hydroxylation sites is 1. The van der Waals surface area contributed by atoms with Crippen LogP contribution in [0, 0.1) is 0 Å². The summed E-state index contributed by atoms with van der Waals surface area (Å²) in [4.78, 5) is 24.9. The minimum atomic E-state index is -0.636. The number of nitrogens with zero attached hydrogens (tertiary/aromatic N) is 1. The second-order valence-corrected chi connectivity index (χ2v) is 6.10. The van der Waals surface area contributed by atoms with Gasteiger partial charge < -0.3 is 4.42 Å². The molecule has 4 rings (SSSR count). The molecule has 0 saturated carbocycles. The van der Waals surface area contributed by atoms with Gasteiger partial charge in [0, 0.05) is 21.4 Å². The smallest absolute Gasteiger partial charge is 0.349 e. The van der Waals surface area contributed by atoms with Gasteiger partial charge in [-0.3, -0.25) is 9.36 Å². The van der Waals surface area contributed by atoms with E-state index in [0.717, 1.165) is 15.4 Å². The third kappa shape index (κ3) is 2.29. The molecule has 0 radical (unpaired) electrons. The number of hydrogen-bond donors (Lipinski definition) is 0. The molecule has 2 heterocycles. The lowest BCUT2D eigenvalue weighted by Gasteiger charge is -2.05. The summed E-state index contributed by atoms with van der Waals surface area (Å²) in [5, 5.41) is 1.63. The molecule has 0 aliphatic heterocycles. The van der Waals surface area contributed by atoms with E-state index in [4.69, 9.17) is 4.42 Å². The van der Waals surface area contributed by atoms with Crippen LogP contribution in [0.15, 0.2) is 74.5 Å². The van der Waals surface area contributed by atoms with Crippen LogP contribution in [0.1, 0.15) is 10.4 Å². The van der Waals surface area contributed by atoms with Gasteiger partial charge >= 0.3 is 5.63 Å². The van der Waals surface area contributed by atoms with E-state index < -0.39 is 11.5 Å². The van der Waals surface area contributed by atoms with Crippen LogP contribution in [0.2, 0.25) is 0 Å². The second-order valence-electron chi connectivity index (χ2n) is 5.18. The predicted octanol–water partition coefficient (Wildman–Crippen LogP) is 4.20. The van der Waals surface area contributed by atoms with E-state index in [1.165, 1.54) is 4.57 Å². The molecule has 0 atom stereocenters. The van der Waals surface area contributed by atoms with Crippen molar-refractivity contribution in [2.24, 2.45) is 0 Å². The van der Waals surface area contributed by atoms with E-state index in [-0.39, 0.29) is 5.56 Å². The van der Waals surface area contributed by atoms with Gasteiger partial charge in [0.15, 0.2) is 0 Å². The standard InChI is InChI=1S/C18H10BrNO3/c19-13-5-6-16-12(9-13)10-14(18(22)23-16)17(21)20-8-7-11-3-1-2-4-15(11)20/h1-10H. The van der Waals surface area contributed by atoms with Gasteiger partial charge in [-0.1, -0.05) is 34.1 Å². The zero-order valence-corrected chi connectivity index (χ0v) is 13.4. The molecule has 112 valence electrons. The Balaban J connectivity index is 1.92. The zero-order chi connectivity index (χ0) is 16.0. The fourth-order valence-corrected chi connectivity index (χ4v) is 3.01. The first kappa shape index (κ1) is 14.0. The summed E-state index contributed by atoms with van der Waals surface area (Å²) < 4.78 is 7.58. The Bertz CT molecular complexity index is 1120. The van der Waals surface area contributed by atoms with Crippen molar-refractivity contribution in [1.82, 2.24) is 4.57 Å².